The van der Waals surface area contributed by atoms with E-state index in [4.69, 9.17) is 15.5 Å². The Bertz CT molecular complexity index is 1410. The molecule has 6 rings (SSSR count). The third-order valence-corrected chi connectivity index (χ3v) is 7.65. The van der Waals surface area contributed by atoms with Crippen LogP contribution >= 0.6 is 0 Å². The first-order valence-corrected chi connectivity index (χ1v) is 12.5. The van der Waals surface area contributed by atoms with Crippen molar-refractivity contribution >= 4 is 28.1 Å². The number of piperidine rings is 1. The minimum absolute atomic E-state index is 0.155. The van der Waals surface area contributed by atoms with Gasteiger partial charge in [-0.05, 0) is 32.0 Å². The highest BCUT2D eigenvalue weighted by molar-refractivity contribution is 6.01. The van der Waals surface area contributed by atoms with Gasteiger partial charge in [0.15, 0.2) is 23.0 Å². The van der Waals surface area contributed by atoms with Crippen LogP contribution in [0.25, 0.3) is 27.7 Å². The number of likely N-dealkylation sites (N-methyl/N-ethyl adjacent to an activating group) is 1. The zero-order chi connectivity index (χ0) is 24.8. The van der Waals surface area contributed by atoms with Crippen LogP contribution in [0.2, 0.25) is 0 Å². The lowest BCUT2D eigenvalue weighted by Crippen LogP contribution is -2.52. The summed E-state index contributed by atoms with van der Waals surface area (Å²) in [7, 11) is 3.64. The Morgan fingerprint density at radius 1 is 1.06 bits per heavy atom. The number of nitrogens with zero attached hydrogens (tertiary/aromatic N) is 7. The molecule has 1 aromatic carbocycles. The predicted octanol–water partition coefficient (Wildman–Crippen LogP) is 2.89. The average Bonchev–Trinajstić information content (AvgIpc) is 3.23. The average molecular weight is 491 g/mol. The molecule has 4 aromatic rings. The molecule has 0 bridgehead atoms. The minimum atomic E-state index is -0.457. The Morgan fingerprint density at radius 3 is 2.58 bits per heavy atom. The molecule has 9 nitrogen and oxygen atoms in total. The van der Waals surface area contributed by atoms with Crippen LogP contribution in [-0.2, 0) is 0 Å². The quantitative estimate of drug-likeness (QED) is 0.467. The number of ether oxygens (including phenoxy) is 1. The van der Waals surface area contributed by atoms with Crippen LogP contribution in [0.1, 0.15) is 12.8 Å². The smallest absolute Gasteiger partial charge is 0.167 e. The monoisotopic (exact) mass is 490 g/mol. The second-order valence-electron chi connectivity index (χ2n) is 9.76. The van der Waals surface area contributed by atoms with Crippen LogP contribution in [0, 0.1) is 5.82 Å². The molecular weight excluding hydrogens is 459 g/mol. The third-order valence-electron chi connectivity index (χ3n) is 7.65. The van der Waals surface area contributed by atoms with Gasteiger partial charge in [-0.3, -0.25) is 9.88 Å². The number of halogens is 1. The van der Waals surface area contributed by atoms with Gasteiger partial charge in [-0.15, -0.1) is 5.10 Å². The number of piperazine rings is 1. The molecule has 5 heterocycles. The zero-order valence-electron chi connectivity index (χ0n) is 20.7. The van der Waals surface area contributed by atoms with Crippen LogP contribution in [0.3, 0.4) is 0 Å². The van der Waals surface area contributed by atoms with E-state index in [1.807, 2.05) is 18.5 Å². The number of anilines is 2. The standard InChI is InChI=1S/C26H31FN8O/c1-32-9-11-34(12-10-32)17-4-7-33(8-5-17)18-15-30-26-24(25(28)31-35(26)16-18)19-3-6-29-22-14-21(27)23(36-2)13-20(19)22/h3,6,13-17H,4-5,7-12H2,1-2H3,(H2,28,31). The van der Waals surface area contributed by atoms with Crippen molar-refractivity contribution in [1.82, 2.24) is 29.4 Å². The highest BCUT2D eigenvalue weighted by Crippen LogP contribution is 2.37. The van der Waals surface area contributed by atoms with E-state index < -0.39 is 5.82 Å². The lowest BCUT2D eigenvalue weighted by atomic mass is 10.0. The number of pyridine rings is 1. The third kappa shape index (κ3) is 4.00. The van der Waals surface area contributed by atoms with Gasteiger partial charge in [0.05, 0.1) is 36.3 Å². The van der Waals surface area contributed by atoms with Crippen molar-refractivity contribution < 1.29 is 9.13 Å². The van der Waals surface area contributed by atoms with Gasteiger partial charge in [0.25, 0.3) is 0 Å². The van der Waals surface area contributed by atoms with Gasteiger partial charge in [-0.2, -0.15) is 0 Å². The fourth-order valence-corrected chi connectivity index (χ4v) is 5.56. The first-order valence-electron chi connectivity index (χ1n) is 12.5. The Kier molecular flexibility index (Phi) is 5.85. The van der Waals surface area contributed by atoms with E-state index in [-0.39, 0.29) is 5.75 Å². The topological polar surface area (TPSA) is 88.0 Å². The molecule has 36 heavy (non-hydrogen) atoms. The van der Waals surface area contributed by atoms with Gasteiger partial charge in [0, 0.05) is 68.5 Å². The maximum absolute atomic E-state index is 14.3. The van der Waals surface area contributed by atoms with Crippen LogP contribution < -0.4 is 15.4 Å². The van der Waals surface area contributed by atoms with Crippen molar-refractivity contribution in [1.29, 1.82) is 0 Å². The summed E-state index contributed by atoms with van der Waals surface area (Å²) in [6.07, 6.45) is 7.85. The molecule has 0 atom stereocenters. The second-order valence-corrected chi connectivity index (χ2v) is 9.76. The summed E-state index contributed by atoms with van der Waals surface area (Å²) < 4.78 is 21.2. The van der Waals surface area contributed by atoms with Crippen LogP contribution in [-0.4, -0.2) is 88.8 Å². The molecule has 3 aromatic heterocycles. The number of methoxy groups -OCH3 is 1. The SMILES string of the molecule is COc1cc2c(-c3c(N)nn4cc(N5CCC(N6CCN(C)CC6)CC5)cnc34)ccnc2cc1F. The Morgan fingerprint density at radius 2 is 1.83 bits per heavy atom. The van der Waals surface area contributed by atoms with E-state index in [9.17, 15) is 4.39 Å². The molecule has 0 saturated carbocycles. The number of hydrogen-bond donors (Lipinski definition) is 1. The van der Waals surface area contributed by atoms with Crippen molar-refractivity contribution in [2.45, 2.75) is 18.9 Å². The zero-order valence-corrected chi connectivity index (χ0v) is 20.7. The number of nitrogens with two attached hydrogens (primary N) is 1. The number of fused-ring (bicyclic) bond motifs is 2. The molecule has 2 aliphatic rings. The number of hydrogen-bond acceptors (Lipinski definition) is 8. The molecule has 0 unspecified atom stereocenters. The Labute approximate surface area is 209 Å². The van der Waals surface area contributed by atoms with Gasteiger partial charge < -0.3 is 20.3 Å². The van der Waals surface area contributed by atoms with Gasteiger partial charge in [0.2, 0.25) is 0 Å². The Balaban J connectivity index is 1.28. The second kappa shape index (κ2) is 9.18. The number of rotatable bonds is 4. The molecule has 10 heteroatoms. The predicted molar refractivity (Wildman–Crippen MR) is 139 cm³/mol. The van der Waals surface area contributed by atoms with E-state index in [0.29, 0.717) is 28.6 Å². The minimum Gasteiger partial charge on any atom is -0.494 e. The maximum Gasteiger partial charge on any atom is 0.167 e. The van der Waals surface area contributed by atoms with Gasteiger partial charge in [-0.1, -0.05) is 0 Å². The largest absolute Gasteiger partial charge is 0.494 e. The lowest BCUT2D eigenvalue weighted by molar-refractivity contribution is 0.0982. The maximum atomic E-state index is 14.3. The van der Waals surface area contributed by atoms with Crippen molar-refractivity contribution in [2.24, 2.45) is 0 Å². The fourth-order valence-electron chi connectivity index (χ4n) is 5.56. The summed E-state index contributed by atoms with van der Waals surface area (Å²) in [5.74, 6) is 0.0629. The van der Waals surface area contributed by atoms with Crippen molar-refractivity contribution in [2.75, 3.05) is 64.1 Å². The molecule has 2 aliphatic heterocycles. The first kappa shape index (κ1) is 22.9. The molecular formula is C26H31FN8O. The van der Waals surface area contributed by atoms with Crippen molar-refractivity contribution in [3.8, 4) is 16.9 Å². The number of benzene rings is 1. The molecule has 188 valence electrons. The molecule has 0 spiro atoms. The summed E-state index contributed by atoms with van der Waals surface area (Å²) in [5.41, 5.74) is 10.1. The van der Waals surface area contributed by atoms with Crippen molar-refractivity contribution in [3.05, 3.63) is 42.6 Å². The number of aromatic nitrogens is 4. The molecule has 2 saturated heterocycles. The van der Waals surface area contributed by atoms with Crippen LogP contribution in [0.5, 0.6) is 5.75 Å². The summed E-state index contributed by atoms with van der Waals surface area (Å²) >= 11 is 0. The van der Waals surface area contributed by atoms with Crippen LogP contribution in [0.4, 0.5) is 15.9 Å². The fraction of sp³-hybridized carbons (Fsp3) is 0.423. The first-order chi connectivity index (χ1) is 17.5. The number of nitrogen functional groups attached to an aromatic ring is 1. The summed E-state index contributed by atoms with van der Waals surface area (Å²) in [6.45, 7) is 6.61. The Hall–Kier alpha value is -3.50. The molecule has 0 amide bonds. The van der Waals surface area contributed by atoms with E-state index in [1.54, 1.807) is 16.8 Å². The summed E-state index contributed by atoms with van der Waals surface area (Å²) in [5, 5.41) is 5.30. The summed E-state index contributed by atoms with van der Waals surface area (Å²) in [4.78, 5) is 16.5. The van der Waals surface area contributed by atoms with E-state index in [1.165, 1.54) is 13.2 Å². The normalized spacial score (nSPS) is 18.4. The van der Waals surface area contributed by atoms with E-state index in [2.05, 4.69) is 31.8 Å². The lowest BCUT2D eigenvalue weighted by Gasteiger charge is -2.42. The van der Waals surface area contributed by atoms with E-state index >= 15 is 0 Å². The van der Waals surface area contributed by atoms with Gasteiger partial charge >= 0.3 is 0 Å². The van der Waals surface area contributed by atoms with Gasteiger partial charge in [-0.25, -0.2) is 13.9 Å². The van der Waals surface area contributed by atoms with E-state index in [0.717, 1.165) is 68.7 Å². The van der Waals surface area contributed by atoms with Crippen LogP contribution in [0.15, 0.2) is 36.8 Å². The van der Waals surface area contributed by atoms with Gasteiger partial charge in [0.1, 0.15) is 0 Å². The highest BCUT2D eigenvalue weighted by atomic mass is 19.1. The highest BCUT2D eigenvalue weighted by Gasteiger charge is 2.27. The summed E-state index contributed by atoms with van der Waals surface area (Å²) in [6, 6.07) is 5.53. The molecule has 0 radical (unpaired) electrons. The molecule has 0 aliphatic carbocycles. The molecule has 2 fully saturated rings. The van der Waals surface area contributed by atoms with Crippen molar-refractivity contribution in [3.63, 3.8) is 0 Å². The molecule has 2 N–H and O–H groups in total.